The van der Waals surface area contributed by atoms with E-state index in [1.165, 1.54) is 5.56 Å². The minimum atomic E-state index is 0.739. The number of imidazole rings is 1. The molecule has 0 aliphatic carbocycles. The molecule has 0 bridgehead atoms. The highest BCUT2D eigenvalue weighted by Crippen LogP contribution is 2.22. The van der Waals surface area contributed by atoms with E-state index in [9.17, 15) is 0 Å². The molecule has 0 unspecified atom stereocenters. The van der Waals surface area contributed by atoms with Crippen molar-refractivity contribution >= 4 is 27.4 Å². The van der Waals surface area contributed by atoms with E-state index in [1.807, 2.05) is 23.6 Å². The lowest BCUT2D eigenvalue weighted by atomic mass is 10.3. The normalized spacial score (nSPS) is 11.1. The quantitative estimate of drug-likeness (QED) is 0.849. The maximum Gasteiger partial charge on any atom is 0.139 e. The van der Waals surface area contributed by atoms with E-state index in [2.05, 4.69) is 27.8 Å². The van der Waals surface area contributed by atoms with Gasteiger partial charge in [-0.05, 0) is 40.9 Å². The molecule has 0 saturated heterocycles. The summed E-state index contributed by atoms with van der Waals surface area (Å²) in [4.78, 5) is 4.45. The molecule has 4 heteroatoms. The standard InChI is InChI=1S/C10H12BrN3/c1-3-8-10(12)14-5-7(11)6(2)4-9(14)13-8/h4-5H,3,12H2,1-2H3. The number of pyridine rings is 1. The van der Waals surface area contributed by atoms with E-state index in [1.54, 1.807) is 0 Å². The van der Waals surface area contributed by atoms with Crippen LogP contribution in [0.5, 0.6) is 0 Å². The zero-order chi connectivity index (χ0) is 10.3. The second kappa shape index (κ2) is 3.28. The van der Waals surface area contributed by atoms with Crippen molar-refractivity contribution in [1.29, 1.82) is 0 Å². The summed E-state index contributed by atoms with van der Waals surface area (Å²) >= 11 is 3.48. The van der Waals surface area contributed by atoms with Crippen LogP contribution in [0.2, 0.25) is 0 Å². The Hall–Kier alpha value is -1.03. The van der Waals surface area contributed by atoms with Gasteiger partial charge in [0.2, 0.25) is 0 Å². The van der Waals surface area contributed by atoms with Crippen LogP contribution in [0.25, 0.3) is 5.65 Å². The third-order valence-corrected chi connectivity index (χ3v) is 3.18. The fraction of sp³-hybridized carbons (Fsp3) is 0.300. The lowest BCUT2D eigenvalue weighted by molar-refractivity contribution is 1.07. The summed E-state index contributed by atoms with van der Waals surface area (Å²) in [5.74, 6) is 0.739. The van der Waals surface area contributed by atoms with Crippen LogP contribution in [0.3, 0.4) is 0 Å². The Kier molecular flexibility index (Phi) is 2.23. The number of aromatic nitrogens is 2. The number of fused-ring (bicyclic) bond motifs is 1. The summed E-state index contributed by atoms with van der Waals surface area (Å²) in [6.45, 7) is 4.10. The molecule has 3 nitrogen and oxygen atoms in total. The molecule has 2 heterocycles. The van der Waals surface area contributed by atoms with Gasteiger partial charge in [0, 0.05) is 10.7 Å². The van der Waals surface area contributed by atoms with Gasteiger partial charge in [0.25, 0.3) is 0 Å². The summed E-state index contributed by atoms with van der Waals surface area (Å²) in [6.07, 6.45) is 2.83. The number of hydrogen-bond donors (Lipinski definition) is 1. The van der Waals surface area contributed by atoms with Crippen LogP contribution in [0.4, 0.5) is 5.82 Å². The number of hydrogen-bond acceptors (Lipinski definition) is 2. The topological polar surface area (TPSA) is 43.3 Å². The first-order chi connectivity index (χ1) is 6.63. The van der Waals surface area contributed by atoms with E-state index in [4.69, 9.17) is 5.73 Å². The van der Waals surface area contributed by atoms with E-state index < -0.39 is 0 Å². The molecule has 0 aromatic carbocycles. The van der Waals surface area contributed by atoms with Gasteiger partial charge in [0.05, 0.1) is 5.69 Å². The lowest BCUT2D eigenvalue weighted by Gasteiger charge is -2.00. The molecule has 2 aromatic rings. The molecule has 2 N–H and O–H groups in total. The molecule has 0 aliphatic heterocycles. The molecule has 0 spiro atoms. The van der Waals surface area contributed by atoms with Gasteiger partial charge in [-0.15, -0.1) is 0 Å². The molecule has 0 amide bonds. The van der Waals surface area contributed by atoms with Crippen LogP contribution in [0.1, 0.15) is 18.2 Å². The number of anilines is 1. The number of halogens is 1. The van der Waals surface area contributed by atoms with Gasteiger partial charge < -0.3 is 5.73 Å². The van der Waals surface area contributed by atoms with Crippen LogP contribution >= 0.6 is 15.9 Å². The Morgan fingerprint density at radius 3 is 2.93 bits per heavy atom. The molecule has 0 aliphatic rings. The Bertz CT molecular complexity index is 488. The average molecular weight is 254 g/mol. The number of nitrogens with two attached hydrogens (primary N) is 1. The Balaban J connectivity index is 2.80. The van der Waals surface area contributed by atoms with Gasteiger partial charge >= 0.3 is 0 Å². The maximum atomic E-state index is 5.95. The zero-order valence-corrected chi connectivity index (χ0v) is 9.80. The molecular formula is C10H12BrN3. The van der Waals surface area contributed by atoms with Gasteiger partial charge in [-0.3, -0.25) is 4.40 Å². The van der Waals surface area contributed by atoms with Gasteiger partial charge in [0.1, 0.15) is 11.5 Å². The van der Waals surface area contributed by atoms with Crippen LogP contribution in [-0.4, -0.2) is 9.38 Å². The van der Waals surface area contributed by atoms with Crippen molar-refractivity contribution in [1.82, 2.24) is 9.38 Å². The highest BCUT2D eigenvalue weighted by molar-refractivity contribution is 9.10. The lowest BCUT2D eigenvalue weighted by Crippen LogP contribution is -1.95. The van der Waals surface area contributed by atoms with Crippen molar-refractivity contribution < 1.29 is 0 Å². The Morgan fingerprint density at radius 2 is 2.29 bits per heavy atom. The summed E-state index contributed by atoms with van der Waals surface area (Å²) in [5, 5.41) is 0. The smallest absolute Gasteiger partial charge is 0.139 e. The van der Waals surface area contributed by atoms with Gasteiger partial charge in [-0.25, -0.2) is 4.98 Å². The van der Waals surface area contributed by atoms with Crippen molar-refractivity contribution in [2.24, 2.45) is 0 Å². The largest absolute Gasteiger partial charge is 0.383 e. The molecular weight excluding hydrogens is 242 g/mol. The monoisotopic (exact) mass is 253 g/mol. The second-order valence-corrected chi connectivity index (χ2v) is 4.18. The van der Waals surface area contributed by atoms with E-state index in [0.29, 0.717) is 0 Å². The van der Waals surface area contributed by atoms with E-state index >= 15 is 0 Å². The fourth-order valence-corrected chi connectivity index (χ4v) is 1.81. The first-order valence-corrected chi connectivity index (χ1v) is 5.35. The zero-order valence-electron chi connectivity index (χ0n) is 8.21. The van der Waals surface area contributed by atoms with Gasteiger partial charge in [-0.2, -0.15) is 0 Å². The number of nitrogen functional groups attached to an aromatic ring is 1. The first-order valence-electron chi connectivity index (χ1n) is 4.56. The Morgan fingerprint density at radius 1 is 1.57 bits per heavy atom. The molecule has 14 heavy (non-hydrogen) atoms. The molecule has 0 fully saturated rings. The third kappa shape index (κ3) is 1.30. The molecule has 2 aromatic heterocycles. The molecule has 0 atom stereocenters. The van der Waals surface area contributed by atoms with Crippen molar-refractivity contribution in [3.05, 3.63) is 28.0 Å². The van der Waals surface area contributed by atoms with Gasteiger partial charge in [-0.1, -0.05) is 6.92 Å². The Labute approximate surface area is 91.1 Å². The fourth-order valence-electron chi connectivity index (χ4n) is 1.49. The molecule has 0 radical (unpaired) electrons. The van der Waals surface area contributed by atoms with Crippen molar-refractivity contribution in [2.45, 2.75) is 20.3 Å². The average Bonchev–Trinajstić information content (AvgIpc) is 2.45. The predicted octanol–water partition coefficient (Wildman–Crippen LogP) is 2.55. The highest BCUT2D eigenvalue weighted by atomic mass is 79.9. The molecule has 0 saturated carbocycles. The van der Waals surface area contributed by atoms with E-state index in [-0.39, 0.29) is 0 Å². The highest BCUT2D eigenvalue weighted by Gasteiger charge is 2.08. The molecule has 2 rings (SSSR count). The van der Waals surface area contributed by atoms with Crippen LogP contribution in [-0.2, 0) is 6.42 Å². The second-order valence-electron chi connectivity index (χ2n) is 3.33. The predicted molar refractivity (Wildman–Crippen MR) is 61.4 cm³/mol. The van der Waals surface area contributed by atoms with Crippen molar-refractivity contribution in [3.63, 3.8) is 0 Å². The van der Waals surface area contributed by atoms with Crippen LogP contribution in [0.15, 0.2) is 16.7 Å². The van der Waals surface area contributed by atoms with Crippen molar-refractivity contribution in [2.75, 3.05) is 5.73 Å². The third-order valence-electron chi connectivity index (χ3n) is 2.35. The minimum Gasteiger partial charge on any atom is -0.383 e. The summed E-state index contributed by atoms with van der Waals surface area (Å²) < 4.78 is 2.97. The minimum absolute atomic E-state index is 0.739. The van der Waals surface area contributed by atoms with Crippen LogP contribution in [0, 0.1) is 6.92 Å². The number of rotatable bonds is 1. The number of nitrogens with zero attached hydrogens (tertiary/aromatic N) is 2. The summed E-state index contributed by atoms with van der Waals surface area (Å²) in [5.41, 5.74) is 9.00. The summed E-state index contributed by atoms with van der Waals surface area (Å²) in [7, 11) is 0. The number of aryl methyl sites for hydroxylation is 2. The van der Waals surface area contributed by atoms with Gasteiger partial charge in [0.15, 0.2) is 0 Å². The van der Waals surface area contributed by atoms with E-state index in [0.717, 1.165) is 28.1 Å². The van der Waals surface area contributed by atoms with Crippen molar-refractivity contribution in [3.8, 4) is 0 Å². The molecule has 74 valence electrons. The maximum absolute atomic E-state index is 5.95. The van der Waals surface area contributed by atoms with Crippen LogP contribution < -0.4 is 5.73 Å². The summed E-state index contributed by atoms with van der Waals surface area (Å²) in [6, 6.07) is 2.03. The SMILES string of the molecule is CCc1nc2cc(C)c(Br)cn2c1N. The first kappa shape index (κ1) is 9.52.